The van der Waals surface area contributed by atoms with Crippen molar-refractivity contribution in [2.75, 3.05) is 0 Å². The highest BCUT2D eigenvalue weighted by Crippen LogP contribution is 1.79. The molecule has 0 aliphatic carbocycles. The van der Waals surface area contributed by atoms with Gasteiger partial charge in [-0.2, -0.15) is 0 Å². The van der Waals surface area contributed by atoms with Gasteiger partial charge in [0.15, 0.2) is 0 Å². The Morgan fingerprint density at radius 1 is 1.18 bits per heavy atom. The normalized spacial score (nSPS) is 10.0. The Bertz CT molecular complexity index is 440. The lowest BCUT2D eigenvalue weighted by Crippen LogP contribution is -2.46. The molecule has 0 radical (unpaired) electrons. The zero-order valence-electron chi connectivity index (χ0n) is 4.88. The van der Waals surface area contributed by atoms with E-state index in [0.29, 0.717) is 4.32 Å². The van der Waals surface area contributed by atoms with Gasteiger partial charge in [0.05, 0.1) is 11.8 Å². The summed E-state index contributed by atoms with van der Waals surface area (Å²) < 4.78 is 0.638. The van der Waals surface area contributed by atoms with Crippen LogP contribution in [0.3, 0.4) is 0 Å². The number of rotatable bonds is 0. The summed E-state index contributed by atoms with van der Waals surface area (Å²) >= 11 is 10.3. The second kappa shape index (κ2) is 2.55. The van der Waals surface area contributed by atoms with Gasteiger partial charge in [0, 0.05) is 11.8 Å². The van der Waals surface area contributed by atoms with E-state index in [-0.39, 0.29) is 4.20 Å². The molecular formula is C3HCl2N3O3. The molecule has 1 aromatic heterocycles. The summed E-state index contributed by atoms with van der Waals surface area (Å²) in [6, 6.07) is 0. The minimum absolute atomic E-state index is 0.255. The number of aromatic amines is 1. The summed E-state index contributed by atoms with van der Waals surface area (Å²) in [6.07, 6.45) is 0. The first-order valence-electron chi connectivity index (χ1n) is 2.35. The van der Waals surface area contributed by atoms with Gasteiger partial charge in [-0.3, -0.25) is 14.4 Å². The van der Waals surface area contributed by atoms with E-state index < -0.39 is 16.5 Å². The third-order valence-electron chi connectivity index (χ3n) is 0.916. The molecule has 0 saturated carbocycles. The molecule has 1 rings (SSSR count). The Morgan fingerprint density at radius 2 is 1.73 bits per heavy atom. The molecule has 1 heterocycles. The summed E-state index contributed by atoms with van der Waals surface area (Å²) in [5, 5.41) is 1.79. The molecule has 0 atom stereocenters. The molecule has 8 heteroatoms. The van der Waals surface area contributed by atoms with Gasteiger partial charge in [-0.1, -0.05) is 0 Å². The summed E-state index contributed by atoms with van der Waals surface area (Å²) in [7, 11) is 0. The first kappa shape index (κ1) is 8.09. The standard InChI is InChI=1S/C3HCl2N3O3/c4-7-3(11)1(9)2(10)6-8(7)5/h(H,6,10). The van der Waals surface area contributed by atoms with E-state index >= 15 is 0 Å². The Hall–Kier alpha value is -1.01. The van der Waals surface area contributed by atoms with Gasteiger partial charge < -0.3 is 0 Å². The van der Waals surface area contributed by atoms with Gasteiger partial charge in [0.25, 0.3) is 0 Å². The largest absolute Gasteiger partial charge is 0.336 e. The van der Waals surface area contributed by atoms with Gasteiger partial charge in [-0.05, 0) is 0 Å². The van der Waals surface area contributed by atoms with Crippen LogP contribution < -0.4 is 16.5 Å². The molecule has 1 aromatic rings. The minimum atomic E-state index is -1.25. The number of H-pyrrole nitrogens is 1. The van der Waals surface area contributed by atoms with Crippen molar-refractivity contribution in [3.05, 3.63) is 30.9 Å². The van der Waals surface area contributed by atoms with E-state index in [1.807, 2.05) is 0 Å². The Labute approximate surface area is 68.8 Å². The lowest BCUT2D eigenvalue weighted by molar-refractivity contribution is 0.687. The third kappa shape index (κ3) is 1.22. The van der Waals surface area contributed by atoms with Crippen LogP contribution in [0.15, 0.2) is 14.4 Å². The molecular weight excluding hydrogens is 197 g/mol. The van der Waals surface area contributed by atoms with Gasteiger partial charge in [0.2, 0.25) is 0 Å². The molecule has 0 aliphatic rings. The van der Waals surface area contributed by atoms with Crippen LogP contribution in [0.1, 0.15) is 0 Å². The van der Waals surface area contributed by atoms with Crippen molar-refractivity contribution in [3.63, 3.8) is 0 Å². The summed E-state index contributed by atoms with van der Waals surface area (Å²) in [4.78, 5) is 31.6. The fourth-order valence-corrected chi connectivity index (χ4v) is 0.699. The van der Waals surface area contributed by atoms with E-state index in [0.717, 1.165) is 0 Å². The smallest absolute Gasteiger partial charge is 0.277 e. The van der Waals surface area contributed by atoms with Crippen molar-refractivity contribution in [2.45, 2.75) is 0 Å². The number of hydrogen-bond acceptors (Lipinski definition) is 3. The molecule has 0 saturated heterocycles. The second-order valence-electron chi connectivity index (χ2n) is 1.60. The Kier molecular flexibility index (Phi) is 1.88. The maximum atomic E-state index is 10.6. The second-order valence-corrected chi connectivity index (χ2v) is 2.24. The molecule has 60 valence electrons. The molecule has 11 heavy (non-hydrogen) atoms. The quantitative estimate of drug-likeness (QED) is 0.526. The zero-order chi connectivity index (χ0) is 8.59. The van der Waals surface area contributed by atoms with Crippen LogP contribution in [0.25, 0.3) is 0 Å². The zero-order valence-corrected chi connectivity index (χ0v) is 6.39. The highest BCUT2D eigenvalue weighted by atomic mass is 35.5. The molecule has 0 unspecified atom stereocenters. The monoisotopic (exact) mass is 197 g/mol. The highest BCUT2D eigenvalue weighted by Gasteiger charge is 2.04. The van der Waals surface area contributed by atoms with E-state index in [9.17, 15) is 14.4 Å². The van der Waals surface area contributed by atoms with E-state index in [2.05, 4.69) is 0 Å². The van der Waals surface area contributed by atoms with Crippen molar-refractivity contribution in [2.24, 2.45) is 0 Å². The van der Waals surface area contributed by atoms with Crippen LogP contribution in [0.5, 0.6) is 0 Å². The molecule has 0 bridgehead atoms. The van der Waals surface area contributed by atoms with Crippen LogP contribution in [-0.2, 0) is 0 Å². The van der Waals surface area contributed by atoms with E-state index in [1.165, 1.54) is 0 Å². The van der Waals surface area contributed by atoms with Crippen LogP contribution in [-0.4, -0.2) is 13.6 Å². The topological polar surface area (TPSA) is 76.9 Å². The van der Waals surface area contributed by atoms with E-state index in [4.69, 9.17) is 23.6 Å². The van der Waals surface area contributed by atoms with Crippen molar-refractivity contribution in [1.82, 2.24) is 13.6 Å². The molecule has 0 aromatic carbocycles. The number of halogens is 2. The molecule has 1 N–H and O–H groups in total. The molecule has 0 amide bonds. The lowest BCUT2D eigenvalue weighted by Gasteiger charge is -1.95. The van der Waals surface area contributed by atoms with Crippen LogP contribution in [0.2, 0.25) is 0 Å². The third-order valence-corrected chi connectivity index (χ3v) is 1.53. The van der Waals surface area contributed by atoms with Gasteiger partial charge >= 0.3 is 16.5 Å². The molecule has 0 aliphatic heterocycles. The predicted octanol–water partition coefficient (Wildman–Crippen LogP) is -1.30. The molecule has 0 fully saturated rings. The van der Waals surface area contributed by atoms with Crippen LogP contribution in [0, 0.1) is 0 Å². The van der Waals surface area contributed by atoms with E-state index in [1.54, 1.807) is 5.10 Å². The summed E-state index contributed by atoms with van der Waals surface area (Å²) in [5.41, 5.74) is -3.55. The maximum absolute atomic E-state index is 10.6. The highest BCUT2D eigenvalue weighted by molar-refractivity contribution is 6.19. The Morgan fingerprint density at radius 3 is 2.27 bits per heavy atom. The lowest BCUT2D eigenvalue weighted by atomic mass is 10.6. The summed E-state index contributed by atoms with van der Waals surface area (Å²) in [5.74, 6) is 0. The van der Waals surface area contributed by atoms with Crippen molar-refractivity contribution < 1.29 is 0 Å². The van der Waals surface area contributed by atoms with Gasteiger partial charge in [0.1, 0.15) is 0 Å². The molecule has 0 spiro atoms. The number of nitrogens with one attached hydrogen (secondary N) is 1. The number of aromatic nitrogens is 3. The minimum Gasteiger partial charge on any atom is -0.277 e. The predicted molar refractivity (Wildman–Crippen MR) is 38.1 cm³/mol. The van der Waals surface area contributed by atoms with Crippen LogP contribution >= 0.6 is 23.6 Å². The number of nitrogens with zero attached hydrogens (tertiary/aromatic N) is 2. The van der Waals surface area contributed by atoms with Crippen LogP contribution in [0.4, 0.5) is 0 Å². The SMILES string of the molecule is O=c1[nH]n(Cl)n(Cl)c(=O)c1=O. The Balaban J connectivity index is 3.89. The first-order chi connectivity index (χ1) is 5.04. The van der Waals surface area contributed by atoms with Gasteiger partial charge in [-0.15, -0.1) is 8.52 Å². The maximum Gasteiger partial charge on any atom is 0.336 e. The molecule has 6 nitrogen and oxygen atoms in total. The first-order valence-corrected chi connectivity index (χ1v) is 3.02. The van der Waals surface area contributed by atoms with Crippen molar-refractivity contribution >= 4 is 23.6 Å². The number of hydrogen-bond donors (Lipinski definition) is 1. The fourth-order valence-electron chi connectivity index (χ4n) is 0.439. The average molecular weight is 198 g/mol. The average Bonchev–Trinajstić information content (AvgIpc) is 1.97. The fraction of sp³-hybridized carbons (Fsp3) is 0. The van der Waals surface area contributed by atoms with Crippen molar-refractivity contribution in [3.8, 4) is 0 Å². The summed E-state index contributed by atoms with van der Waals surface area (Å²) in [6.45, 7) is 0. The van der Waals surface area contributed by atoms with Gasteiger partial charge in [-0.25, -0.2) is 5.10 Å². The van der Waals surface area contributed by atoms with Crippen molar-refractivity contribution in [1.29, 1.82) is 0 Å².